The van der Waals surface area contributed by atoms with Crippen molar-refractivity contribution in [1.29, 1.82) is 0 Å². The number of hydrogen-bond acceptors (Lipinski definition) is 3. The van der Waals surface area contributed by atoms with E-state index < -0.39 is 0 Å². The number of hydrogen-bond donors (Lipinski definition) is 2. The third kappa shape index (κ3) is 8.77. The van der Waals surface area contributed by atoms with Crippen LogP contribution in [0.4, 0.5) is 0 Å². The first-order valence-electron chi connectivity index (χ1n) is 7.82. The number of rotatable bonds is 8. The molecule has 0 atom stereocenters. The van der Waals surface area contributed by atoms with Crippen molar-refractivity contribution in [3.63, 3.8) is 0 Å². The van der Waals surface area contributed by atoms with Crippen molar-refractivity contribution < 1.29 is 4.79 Å². The Balaban J connectivity index is 0.00000529. The second-order valence-electron chi connectivity index (χ2n) is 5.45. The number of halogens is 1. The number of carbonyl (C=O) groups is 1. The van der Waals surface area contributed by atoms with Gasteiger partial charge in [-0.05, 0) is 42.5 Å². The van der Waals surface area contributed by atoms with Crippen LogP contribution in [0.2, 0.25) is 0 Å². The maximum absolute atomic E-state index is 11.8. The minimum atomic E-state index is 0. The summed E-state index contributed by atoms with van der Waals surface area (Å²) in [6.07, 6.45) is 4.49. The van der Waals surface area contributed by atoms with Gasteiger partial charge >= 0.3 is 0 Å². The lowest BCUT2D eigenvalue weighted by Gasteiger charge is -2.13. The molecule has 0 bridgehead atoms. The molecule has 0 aliphatic rings. The standard InChI is InChI=1S/C17H28N4OS.HI/c1-18-17(19-11-5-6-12-23-4)20-13-14-7-9-15(10-8-14)16(22)21(2)3;/h7-10H,5-6,11-13H2,1-4H3,(H2,18,19,20);1H. The monoisotopic (exact) mass is 464 g/mol. The van der Waals surface area contributed by atoms with Gasteiger partial charge in [-0.3, -0.25) is 9.79 Å². The maximum atomic E-state index is 11.8. The predicted molar refractivity (Wildman–Crippen MR) is 116 cm³/mol. The summed E-state index contributed by atoms with van der Waals surface area (Å²) in [4.78, 5) is 17.6. The van der Waals surface area contributed by atoms with Gasteiger partial charge in [-0.1, -0.05) is 12.1 Å². The molecule has 1 aromatic rings. The normalized spacial score (nSPS) is 10.8. The zero-order valence-electron chi connectivity index (χ0n) is 15.0. The Morgan fingerprint density at radius 2 is 1.83 bits per heavy atom. The van der Waals surface area contributed by atoms with E-state index in [9.17, 15) is 4.79 Å². The lowest BCUT2D eigenvalue weighted by atomic mass is 10.1. The molecule has 0 radical (unpaired) electrons. The van der Waals surface area contributed by atoms with Gasteiger partial charge in [-0.25, -0.2) is 0 Å². The third-order valence-corrected chi connectivity index (χ3v) is 4.06. The Bertz CT molecular complexity index is 506. The minimum Gasteiger partial charge on any atom is -0.356 e. The van der Waals surface area contributed by atoms with E-state index in [0.29, 0.717) is 12.1 Å². The van der Waals surface area contributed by atoms with Crippen molar-refractivity contribution in [2.24, 2.45) is 4.99 Å². The smallest absolute Gasteiger partial charge is 0.253 e. The Morgan fingerprint density at radius 1 is 1.17 bits per heavy atom. The van der Waals surface area contributed by atoms with Gasteiger partial charge in [-0.15, -0.1) is 24.0 Å². The fraction of sp³-hybridized carbons (Fsp3) is 0.529. The first-order chi connectivity index (χ1) is 11.1. The van der Waals surface area contributed by atoms with E-state index in [-0.39, 0.29) is 29.9 Å². The molecule has 0 aromatic heterocycles. The minimum absolute atomic E-state index is 0. The van der Waals surface area contributed by atoms with Crippen LogP contribution in [-0.2, 0) is 6.54 Å². The molecule has 5 nitrogen and oxygen atoms in total. The van der Waals surface area contributed by atoms with Gasteiger partial charge in [0.15, 0.2) is 5.96 Å². The molecule has 0 spiro atoms. The van der Waals surface area contributed by atoms with Crippen LogP contribution >= 0.6 is 35.7 Å². The van der Waals surface area contributed by atoms with Crippen LogP contribution in [0, 0.1) is 0 Å². The molecule has 1 aromatic carbocycles. The largest absolute Gasteiger partial charge is 0.356 e. The van der Waals surface area contributed by atoms with E-state index in [1.165, 1.54) is 12.2 Å². The highest BCUT2D eigenvalue weighted by molar-refractivity contribution is 14.0. The Morgan fingerprint density at radius 3 is 2.38 bits per heavy atom. The topological polar surface area (TPSA) is 56.7 Å². The van der Waals surface area contributed by atoms with Crippen molar-refractivity contribution >= 4 is 47.6 Å². The number of unbranched alkanes of at least 4 members (excludes halogenated alkanes) is 1. The van der Waals surface area contributed by atoms with Crippen molar-refractivity contribution in [2.75, 3.05) is 39.7 Å². The number of nitrogens with zero attached hydrogens (tertiary/aromatic N) is 2. The summed E-state index contributed by atoms with van der Waals surface area (Å²) < 4.78 is 0. The first kappa shape index (κ1) is 23.0. The Kier molecular flexibility index (Phi) is 12.8. The third-order valence-electron chi connectivity index (χ3n) is 3.36. The molecule has 0 fully saturated rings. The van der Waals surface area contributed by atoms with Crippen LogP contribution in [0.5, 0.6) is 0 Å². The second-order valence-corrected chi connectivity index (χ2v) is 6.43. The fourth-order valence-corrected chi connectivity index (χ4v) is 2.50. The van der Waals surface area contributed by atoms with Crippen LogP contribution in [0.25, 0.3) is 0 Å². The number of thioether (sulfide) groups is 1. The Hall–Kier alpha value is -0.960. The van der Waals surface area contributed by atoms with Crippen molar-refractivity contribution in [3.05, 3.63) is 35.4 Å². The summed E-state index contributed by atoms with van der Waals surface area (Å²) in [5.41, 5.74) is 1.82. The zero-order chi connectivity index (χ0) is 17.1. The highest BCUT2D eigenvalue weighted by atomic mass is 127. The van der Waals surface area contributed by atoms with Crippen LogP contribution in [0.15, 0.2) is 29.3 Å². The van der Waals surface area contributed by atoms with Crippen LogP contribution in [0.3, 0.4) is 0 Å². The van der Waals surface area contributed by atoms with Gasteiger partial charge in [0.25, 0.3) is 5.91 Å². The van der Waals surface area contributed by atoms with E-state index in [4.69, 9.17) is 0 Å². The van der Waals surface area contributed by atoms with Gasteiger partial charge in [0, 0.05) is 39.8 Å². The molecule has 1 rings (SSSR count). The summed E-state index contributed by atoms with van der Waals surface area (Å²) in [5, 5.41) is 6.60. The molecule has 0 unspecified atom stereocenters. The van der Waals surface area contributed by atoms with Crippen LogP contribution in [0.1, 0.15) is 28.8 Å². The molecule has 136 valence electrons. The van der Waals surface area contributed by atoms with E-state index >= 15 is 0 Å². The number of benzene rings is 1. The Labute approximate surface area is 167 Å². The average Bonchev–Trinajstić information content (AvgIpc) is 2.57. The molecule has 0 saturated heterocycles. The number of nitrogens with one attached hydrogen (secondary N) is 2. The van der Waals surface area contributed by atoms with Crippen LogP contribution < -0.4 is 10.6 Å². The van der Waals surface area contributed by atoms with Gasteiger partial charge in [0.2, 0.25) is 0 Å². The number of aliphatic imine (C=N–C) groups is 1. The van der Waals surface area contributed by atoms with Gasteiger partial charge < -0.3 is 15.5 Å². The molecule has 0 aliphatic heterocycles. The van der Waals surface area contributed by atoms with Crippen LogP contribution in [-0.4, -0.2) is 56.5 Å². The lowest BCUT2D eigenvalue weighted by molar-refractivity contribution is 0.0827. The molecular weight excluding hydrogens is 435 g/mol. The molecular formula is C17H29IN4OS. The second kappa shape index (κ2) is 13.3. The van der Waals surface area contributed by atoms with Crippen molar-refractivity contribution in [3.8, 4) is 0 Å². The quantitative estimate of drug-likeness (QED) is 0.269. The van der Waals surface area contributed by atoms with E-state index in [0.717, 1.165) is 24.5 Å². The van der Waals surface area contributed by atoms with Crippen molar-refractivity contribution in [2.45, 2.75) is 19.4 Å². The average molecular weight is 464 g/mol. The first-order valence-corrected chi connectivity index (χ1v) is 9.22. The van der Waals surface area contributed by atoms with E-state index in [1.54, 1.807) is 26.0 Å². The molecule has 0 heterocycles. The van der Waals surface area contributed by atoms with E-state index in [2.05, 4.69) is 21.9 Å². The summed E-state index contributed by atoms with van der Waals surface area (Å²) in [5.74, 6) is 2.03. The maximum Gasteiger partial charge on any atom is 0.253 e. The molecule has 24 heavy (non-hydrogen) atoms. The molecule has 0 aliphatic carbocycles. The zero-order valence-corrected chi connectivity index (χ0v) is 18.1. The predicted octanol–water partition coefficient (Wildman–Crippen LogP) is 2.81. The lowest BCUT2D eigenvalue weighted by Crippen LogP contribution is -2.37. The molecule has 7 heteroatoms. The number of carbonyl (C=O) groups excluding carboxylic acids is 1. The SMILES string of the molecule is CN=C(NCCCCSC)NCc1ccc(C(=O)N(C)C)cc1.I. The highest BCUT2D eigenvalue weighted by Crippen LogP contribution is 2.06. The number of guanidine groups is 1. The summed E-state index contributed by atoms with van der Waals surface area (Å²) in [7, 11) is 5.29. The summed E-state index contributed by atoms with van der Waals surface area (Å²) >= 11 is 1.88. The summed E-state index contributed by atoms with van der Waals surface area (Å²) in [6, 6.07) is 7.65. The van der Waals surface area contributed by atoms with Crippen molar-refractivity contribution in [1.82, 2.24) is 15.5 Å². The summed E-state index contributed by atoms with van der Waals surface area (Å²) in [6.45, 7) is 1.61. The molecule has 1 amide bonds. The van der Waals surface area contributed by atoms with Gasteiger partial charge in [0.1, 0.15) is 0 Å². The fourth-order valence-electron chi connectivity index (χ4n) is 2.01. The molecule has 2 N–H and O–H groups in total. The van der Waals surface area contributed by atoms with Gasteiger partial charge in [0.05, 0.1) is 0 Å². The van der Waals surface area contributed by atoms with E-state index in [1.807, 2.05) is 36.0 Å². The molecule has 0 saturated carbocycles. The highest BCUT2D eigenvalue weighted by Gasteiger charge is 2.07. The number of amides is 1. The van der Waals surface area contributed by atoms with Gasteiger partial charge in [-0.2, -0.15) is 11.8 Å².